The summed E-state index contributed by atoms with van der Waals surface area (Å²) in [5, 5.41) is 3.88. The molecule has 24 heavy (non-hydrogen) atoms. The van der Waals surface area contributed by atoms with Crippen LogP contribution in [0.2, 0.25) is 0 Å². The van der Waals surface area contributed by atoms with Gasteiger partial charge in [-0.3, -0.25) is 4.79 Å². The number of benzene rings is 2. The lowest BCUT2D eigenvalue weighted by atomic mass is 10.2. The van der Waals surface area contributed by atoms with Gasteiger partial charge in [0.1, 0.15) is 6.61 Å². The molecule has 126 valence electrons. The van der Waals surface area contributed by atoms with Gasteiger partial charge < -0.3 is 9.74 Å². The standard InChI is InChI=1S/C18H18Cl2N2O2/c19-17(20)18(23)22(13-15-7-3-1-4-8-15)12-11-21-24-14-16-9-5-2-6-10-16/h1-11,17H,12-14H2/b21-11+. The third-order valence-corrected chi connectivity index (χ3v) is 3.61. The van der Waals surface area contributed by atoms with E-state index >= 15 is 0 Å². The molecule has 0 atom stereocenters. The summed E-state index contributed by atoms with van der Waals surface area (Å²) in [6.45, 7) is 1.04. The number of nitrogens with zero attached hydrogens (tertiary/aromatic N) is 2. The molecule has 0 fully saturated rings. The van der Waals surface area contributed by atoms with Crippen molar-refractivity contribution in [3.05, 3.63) is 71.8 Å². The number of hydrogen-bond acceptors (Lipinski definition) is 3. The van der Waals surface area contributed by atoms with Gasteiger partial charge in [-0.05, 0) is 11.1 Å². The van der Waals surface area contributed by atoms with E-state index in [1.54, 1.807) is 0 Å². The quantitative estimate of drug-likeness (QED) is 0.403. The number of amides is 1. The highest BCUT2D eigenvalue weighted by molar-refractivity contribution is 6.53. The molecule has 2 aromatic carbocycles. The number of alkyl halides is 2. The van der Waals surface area contributed by atoms with E-state index in [1.165, 1.54) is 11.1 Å². The zero-order chi connectivity index (χ0) is 17.2. The first kappa shape index (κ1) is 18.3. The van der Waals surface area contributed by atoms with Gasteiger partial charge >= 0.3 is 0 Å². The summed E-state index contributed by atoms with van der Waals surface area (Å²) in [7, 11) is 0. The molecule has 0 aromatic heterocycles. The number of carbonyl (C=O) groups excluding carboxylic acids is 1. The highest BCUT2D eigenvalue weighted by Gasteiger charge is 2.19. The van der Waals surface area contributed by atoms with Crippen molar-refractivity contribution in [1.29, 1.82) is 0 Å². The Morgan fingerprint density at radius 3 is 2.21 bits per heavy atom. The van der Waals surface area contributed by atoms with Crippen molar-refractivity contribution >= 4 is 35.3 Å². The van der Waals surface area contributed by atoms with Gasteiger partial charge in [-0.1, -0.05) is 89.0 Å². The topological polar surface area (TPSA) is 41.9 Å². The predicted molar refractivity (Wildman–Crippen MR) is 97.1 cm³/mol. The molecule has 2 aromatic rings. The van der Waals surface area contributed by atoms with E-state index in [9.17, 15) is 4.79 Å². The first-order valence-electron chi connectivity index (χ1n) is 7.45. The van der Waals surface area contributed by atoms with Crippen LogP contribution in [-0.4, -0.2) is 28.4 Å². The minimum atomic E-state index is -1.10. The van der Waals surface area contributed by atoms with E-state index in [0.717, 1.165) is 11.1 Å². The Kier molecular flexibility index (Phi) is 7.59. The highest BCUT2D eigenvalue weighted by Crippen LogP contribution is 2.11. The smallest absolute Gasteiger partial charge is 0.256 e. The molecule has 0 aliphatic rings. The summed E-state index contributed by atoms with van der Waals surface area (Å²) < 4.78 is 0. The molecular weight excluding hydrogens is 347 g/mol. The predicted octanol–water partition coefficient (Wildman–Crippen LogP) is 4.02. The van der Waals surface area contributed by atoms with Crippen LogP contribution in [0.4, 0.5) is 0 Å². The Morgan fingerprint density at radius 1 is 1.04 bits per heavy atom. The normalized spacial score (nSPS) is 11.0. The van der Waals surface area contributed by atoms with Gasteiger partial charge in [0.15, 0.2) is 4.84 Å². The lowest BCUT2D eigenvalue weighted by molar-refractivity contribution is -0.129. The molecule has 0 aliphatic heterocycles. The molecule has 0 spiro atoms. The van der Waals surface area contributed by atoms with Crippen LogP contribution in [-0.2, 0) is 22.8 Å². The Hall–Kier alpha value is -2.04. The van der Waals surface area contributed by atoms with Crippen molar-refractivity contribution < 1.29 is 9.63 Å². The molecule has 0 N–H and O–H groups in total. The molecule has 0 radical (unpaired) electrons. The maximum Gasteiger partial charge on any atom is 0.256 e. The monoisotopic (exact) mass is 364 g/mol. The maximum absolute atomic E-state index is 12.1. The molecule has 0 aliphatic carbocycles. The van der Waals surface area contributed by atoms with E-state index in [2.05, 4.69) is 5.16 Å². The van der Waals surface area contributed by atoms with Crippen LogP contribution >= 0.6 is 23.2 Å². The minimum absolute atomic E-state index is 0.262. The second-order valence-corrected chi connectivity index (χ2v) is 6.15. The number of oxime groups is 1. The zero-order valence-corrected chi connectivity index (χ0v) is 14.5. The van der Waals surface area contributed by atoms with Crippen LogP contribution in [0, 0.1) is 0 Å². The van der Waals surface area contributed by atoms with Crippen LogP contribution in [0.5, 0.6) is 0 Å². The summed E-state index contributed by atoms with van der Waals surface area (Å²) >= 11 is 11.4. The zero-order valence-electron chi connectivity index (χ0n) is 13.0. The van der Waals surface area contributed by atoms with E-state index in [0.29, 0.717) is 13.2 Å². The van der Waals surface area contributed by atoms with Crippen LogP contribution in [0.25, 0.3) is 0 Å². The number of rotatable bonds is 8. The van der Waals surface area contributed by atoms with Crippen molar-refractivity contribution in [3.8, 4) is 0 Å². The Morgan fingerprint density at radius 2 is 1.62 bits per heavy atom. The van der Waals surface area contributed by atoms with Crippen LogP contribution in [0.15, 0.2) is 65.8 Å². The molecule has 0 bridgehead atoms. The fourth-order valence-electron chi connectivity index (χ4n) is 2.04. The highest BCUT2D eigenvalue weighted by atomic mass is 35.5. The molecule has 0 saturated heterocycles. The summed E-state index contributed by atoms with van der Waals surface area (Å²) in [4.78, 5) is 17.7. The third-order valence-electron chi connectivity index (χ3n) is 3.24. The van der Waals surface area contributed by atoms with Crippen molar-refractivity contribution in [3.63, 3.8) is 0 Å². The van der Waals surface area contributed by atoms with E-state index < -0.39 is 4.84 Å². The molecule has 0 heterocycles. The van der Waals surface area contributed by atoms with Gasteiger partial charge in [-0.2, -0.15) is 0 Å². The molecule has 2 rings (SSSR count). The number of carbonyl (C=O) groups is 1. The Labute approximate surface area is 151 Å². The molecular formula is C18H18Cl2N2O2. The van der Waals surface area contributed by atoms with Gasteiger partial charge in [0.2, 0.25) is 0 Å². The fraction of sp³-hybridized carbons (Fsp3) is 0.222. The maximum atomic E-state index is 12.1. The van der Waals surface area contributed by atoms with Gasteiger partial charge in [-0.25, -0.2) is 0 Å². The van der Waals surface area contributed by atoms with Gasteiger partial charge in [-0.15, -0.1) is 0 Å². The SMILES string of the molecule is O=C(C(Cl)Cl)N(C/C=N/OCc1ccccc1)Cc1ccccc1. The minimum Gasteiger partial charge on any atom is -0.391 e. The summed E-state index contributed by atoms with van der Waals surface area (Å²) in [5.41, 5.74) is 2.01. The second kappa shape index (κ2) is 9.96. The Balaban J connectivity index is 1.88. The molecule has 1 amide bonds. The number of halogens is 2. The van der Waals surface area contributed by atoms with Gasteiger partial charge in [0.25, 0.3) is 5.91 Å². The Bertz CT molecular complexity index is 649. The first-order chi connectivity index (χ1) is 11.7. The van der Waals surface area contributed by atoms with Gasteiger partial charge in [0, 0.05) is 6.54 Å². The summed E-state index contributed by atoms with van der Waals surface area (Å²) in [6.07, 6.45) is 1.53. The second-order valence-electron chi connectivity index (χ2n) is 5.05. The van der Waals surface area contributed by atoms with Crippen LogP contribution in [0.3, 0.4) is 0 Å². The van der Waals surface area contributed by atoms with Crippen LogP contribution in [0.1, 0.15) is 11.1 Å². The van der Waals surface area contributed by atoms with E-state index in [4.69, 9.17) is 28.0 Å². The molecule has 0 unspecified atom stereocenters. The van der Waals surface area contributed by atoms with Crippen molar-refractivity contribution in [2.45, 2.75) is 18.0 Å². The molecule has 6 heteroatoms. The average molecular weight is 365 g/mol. The van der Waals surface area contributed by atoms with Crippen molar-refractivity contribution in [2.24, 2.45) is 5.16 Å². The lowest BCUT2D eigenvalue weighted by Crippen LogP contribution is -2.35. The van der Waals surface area contributed by atoms with Crippen molar-refractivity contribution in [1.82, 2.24) is 4.90 Å². The van der Waals surface area contributed by atoms with E-state index in [-0.39, 0.29) is 12.5 Å². The van der Waals surface area contributed by atoms with E-state index in [1.807, 2.05) is 60.7 Å². The van der Waals surface area contributed by atoms with Crippen LogP contribution < -0.4 is 0 Å². The van der Waals surface area contributed by atoms with Crippen molar-refractivity contribution in [2.75, 3.05) is 6.54 Å². The lowest BCUT2D eigenvalue weighted by Gasteiger charge is -2.21. The fourth-order valence-corrected chi connectivity index (χ4v) is 2.32. The summed E-state index contributed by atoms with van der Waals surface area (Å²) in [5.74, 6) is -0.364. The summed E-state index contributed by atoms with van der Waals surface area (Å²) in [6, 6.07) is 19.3. The third kappa shape index (κ3) is 6.22. The average Bonchev–Trinajstić information content (AvgIpc) is 2.61. The van der Waals surface area contributed by atoms with Gasteiger partial charge in [0.05, 0.1) is 12.8 Å². The molecule has 0 saturated carbocycles. The molecule has 4 nitrogen and oxygen atoms in total. The largest absolute Gasteiger partial charge is 0.391 e. The number of hydrogen-bond donors (Lipinski definition) is 0. The first-order valence-corrected chi connectivity index (χ1v) is 8.32.